The van der Waals surface area contributed by atoms with Crippen LogP contribution in [0, 0.1) is 12.7 Å². The Morgan fingerprint density at radius 1 is 1.28 bits per heavy atom. The summed E-state index contributed by atoms with van der Waals surface area (Å²) in [6, 6.07) is 3.88. The number of sulfonamides is 1. The summed E-state index contributed by atoms with van der Waals surface area (Å²) in [5.74, 6) is -0.514. The lowest BCUT2D eigenvalue weighted by atomic mass is 10.2. The second-order valence-electron chi connectivity index (χ2n) is 3.66. The maximum atomic E-state index is 13.2. The third kappa shape index (κ3) is 4.89. The zero-order valence-electron chi connectivity index (χ0n) is 10.4. The summed E-state index contributed by atoms with van der Waals surface area (Å²) >= 11 is 0. The highest BCUT2D eigenvalue weighted by Gasteiger charge is 2.14. The molecule has 0 heterocycles. The Morgan fingerprint density at radius 2 is 1.94 bits per heavy atom. The van der Waals surface area contributed by atoms with Gasteiger partial charge >= 0.3 is 0 Å². The van der Waals surface area contributed by atoms with Crippen LogP contribution in [0.1, 0.15) is 12.5 Å². The third-order valence-corrected chi connectivity index (χ3v) is 3.76. The zero-order valence-corrected chi connectivity index (χ0v) is 12.0. The highest BCUT2D eigenvalue weighted by molar-refractivity contribution is 7.89. The number of likely N-dealkylation sites (N-methyl/N-ethyl adjacent to an activating group) is 1. The van der Waals surface area contributed by atoms with Crippen molar-refractivity contribution in [2.75, 3.05) is 19.6 Å². The quantitative estimate of drug-likeness (QED) is 0.781. The zero-order chi connectivity index (χ0) is 12.9. The van der Waals surface area contributed by atoms with Crippen LogP contribution in [-0.4, -0.2) is 28.1 Å². The van der Waals surface area contributed by atoms with Gasteiger partial charge in [-0.2, -0.15) is 0 Å². The standard InChI is InChI=1S/C11H17FN2O2S.ClH/c1-3-13-6-7-14-17(15,16)10-5-4-9(2)11(12)8-10;/h4-5,8,13-14H,3,6-7H2,1-2H3;1H. The largest absolute Gasteiger partial charge is 0.316 e. The van der Waals surface area contributed by atoms with Crippen molar-refractivity contribution in [1.29, 1.82) is 0 Å². The van der Waals surface area contributed by atoms with E-state index < -0.39 is 15.8 Å². The van der Waals surface area contributed by atoms with E-state index >= 15 is 0 Å². The van der Waals surface area contributed by atoms with Crippen LogP contribution < -0.4 is 10.0 Å². The van der Waals surface area contributed by atoms with Crippen molar-refractivity contribution in [3.8, 4) is 0 Å². The van der Waals surface area contributed by atoms with E-state index in [-0.39, 0.29) is 23.8 Å². The number of hydrogen-bond donors (Lipinski definition) is 2. The molecule has 0 aliphatic carbocycles. The minimum Gasteiger partial charge on any atom is -0.316 e. The van der Waals surface area contributed by atoms with Crippen LogP contribution in [0.25, 0.3) is 0 Å². The lowest BCUT2D eigenvalue weighted by Gasteiger charge is -2.07. The van der Waals surface area contributed by atoms with Gasteiger partial charge in [-0.05, 0) is 31.2 Å². The third-order valence-electron chi connectivity index (χ3n) is 2.30. The van der Waals surface area contributed by atoms with E-state index in [0.29, 0.717) is 12.1 Å². The maximum absolute atomic E-state index is 13.2. The smallest absolute Gasteiger partial charge is 0.240 e. The second-order valence-corrected chi connectivity index (χ2v) is 5.43. The summed E-state index contributed by atoms with van der Waals surface area (Å²) in [6.07, 6.45) is 0. The van der Waals surface area contributed by atoms with Gasteiger partial charge in [-0.3, -0.25) is 0 Å². The Labute approximate surface area is 113 Å². The fraction of sp³-hybridized carbons (Fsp3) is 0.455. The fourth-order valence-electron chi connectivity index (χ4n) is 1.27. The molecular weight excluding hydrogens is 279 g/mol. The van der Waals surface area contributed by atoms with Gasteiger partial charge in [-0.25, -0.2) is 17.5 Å². The van der Waals surface area contributed by atoms with Gasteiger partial charge in [-0.15, -0.1) is 12.4 Å². The molecular formula is C11H18ClFN2O2S. The predicted octanol–water partition coefficient (Wildman–Crippen LogP) is 1.44. The number of halogens is 2. The summed E-state index contributed by atoms with van der Waals surface area (Å²) in [5, 5.41) is 2.99. The molecule has 104 valence electrons. The van der Waals surface area contributed by atoms with E-state index in [0.717, 1.165) is 12.6 Å². The molecule has 4 nitrogen and oxygen atoms in total. The SMILES string of the molecule is CCNCCNS(=O)(=O)c1ccc(C)c(F)c1.Cl. The van der Waals surface area contributed by atoms with Gasteiger partial charge in [-0.1, -0.05) is 13.0 Å². The molecule has 0 aliphatic heterocycles. The van der Waals surface area contributed by atoms with Gasteiger partial charge < -0.3 is 5.32 Å². The normalized spacial score (nSPS) is 11.1. The van der Waals surface area contributed by atoms with E-state index in [2.05, 4.69) is 10.0 Å². The van der Waals surface area contributed by atoms with Crippen LogP contribution in [0.5, 0.6) is 0 Å². The fourth-order valence-corrected chi connectivity index (χ4v) is 2.32. The Hall–Kier alpha value is -0.690. The van der Waals surface area contributed by atoms with Crippen molar-refractivity contribution in [2.24, 2.45) is 0 Å². The molecule has 2 N–H and O–H groups in total. The number of benzene rings is 1. The molecule has 0 saturated carbocycles. The average Bonchev–Trinajstić information content (AvgIpc) is 2.28. The van der Waals surface area contributed by atoms with Crippen LogP contribution in [0.3, 0.4) is 0 Å². The van der Waals surface area contributed by atoms with Crippen LogP contribution in [-0.2, 0) is 10.0 Å². The van der Waals surface area contributed by atoms with Crippen LogP contribution in [0.4, 0.5) is 4.39 Å². The molecule has 1 rings (SSSR count). The molecule has 0 radical (unpaired) electrons. The van der Waals surface area contributed by atoms with E-state index in [4.69, 9.17) is 0 Å². The molecule has 0 saturated heterocycles. The lowest BCUT2D eigenvalue weighted by molar-refractivity contribution is 0.573. The summed E-state index contributed by atoms with van der Waals surface area (Å²) in [7, 11) is -3.61. The molecule has 0 bridgehead atoms. The minimum atomic E-state index is -3.61. The number of aryl methyl sites for hydroxylation is 1. The lowest BCUT2D eigenvalue weighted by Crippen LogP contribution is -2.31. The summed E-state index contributed by atoms with van der Waals surface area (Å²) in [5.41, 5.74) is 0.427. The van der Waals surface area contributed by atoms with Gasteiger partial charge in [0.1, 0.15) is 5.82 Å². The molecule has 1 aromatic rings. The minimum absolute atomic E-state index is 0. The predicted molar refractivity (Wildman–Crippen MR) is 72.1 cm³/mol. The van der Waals surface area contributed by atoms with Gasteiger partial charge in [0.2, 0.25) is 10.0 Å². The first-order valence-corrected chi connectivity index (χ1v) is 6.92. The first kappa shape index (κ1) is 17.3. The van der Waals surface area contributed by atoms with Crippen LogP contribution in [0.15, 0.2) is 23.1 Å². The molecule has 0 unspecified atom stereocenters. The summed E-state index contributed by atoms with van der Waals surface area (Å²) in [4.78, 5) is -0.0444. The first-order valence-electron chi connectivity index (χ1n) is 5.44. The van der Waals surface area contributed by atoms with Crippen molar-refractivity contribution in [1.82, 2.24) is 10.0 Å². The van der Waals surface area contributed by atoms with E-state index in [9.17, 15) is 12.8 Å². The first-order chi connectivity index (χ1) is 7.97. The molecule has 0 spiro atoms. The van der Waals surface area contributed by atoms with Crippen molar-refractivity contribution < 1.29 is 12.8 Å². The van der Waals surface area contributed by atoms with E-state index in [1.807, 2.05) is 6.92 Å². The van der Waals surface area contributed by atoms with Crippen molar-refractivity contribution in [3.05, 3.63) is 29.6 Å². The number of rotatable bonds is 6. The second kappa shape index (κ2) is 7.68. The van der Waals surface area contributed by atoms with Gasteiger partial charge in [0, 0.05) is 13.1 Å². The Balaban J connectivity index is 0.00000289. The molecule has 0 atom stereocenters. The molecule has 0 aromatic heterocycles. The van der Waals surface area contributed by atoms with Gasteiger partial charge in [0.25, 0.3) is 0 Å². The highest BCUT2D eigenvalue weighted by Crippen LogP contribution is 2.13. The molecule has 0 amide bonds. The Bertz CT molecular complexity index is 480. The Morgan fingerprint density at radius 3 is 2.50 bits per heavy atom. The van der Waals surface area contributed by atoms with Crippen LogP contribution in [0.2, 0.25) is 0 Å². The van der Waals surface area contributed by atoms with Gasteiger partial charge in [0.05, 0.1) is 4.90 Å². The van der Waals surface area contributed by atoms with Crippen molar-refractivity contribution in [3.63, 3.8) is 0 Å². The van der Waals surface area contributed by atoms with E-state index in [1.54, 1.807) is 6.92 Å². The Kier molecular flexibility index (Phi) is 7.39. The highest BCUT2D eigenvalue weighted by atomic mass is 35.5. The number of nitrogens with one attached hydrogen (secondary N) is 2. The molecule has 1 aromatic carbocycles. The molecule has 0 fully saturated rings. The average molecular weight is 297 g/mol. The molecule has 18 heavy (non-hydrogen) atoms. The maximum Gasteiger partial charge on any atom is 0.240 e. The topological polar surface area (TPSA) is 58.2 Å². The number of hydrogen-bond acceptors (Lipinski definition) is 3. The van der Waals surface area contributed by atoms with Crippen molar-refractivity contribution >= 4 is 22.4 Å². The van der Waals surface area contributed by atoms with E-state index in [1.165, 1.54) is 12.1 Å². The summed E-state index contributed by atoms with van der Waals surface area (Å²) < 4.78 is 39.2. The summed E-state index contributed by atoms with van der Waals surface area (Å²) in [6.45, 7) is 5.13. The van der Waals surface area contributed by atoms with Crippen molar-refractivity contribution in [2.45, 2.75) is 18.7 Å². The molecule has 0 aliphatic rings. The monoisotopic (exact) mass is 296 g/mol. The van der Waals surface area contributed by atoms with Gasteiger partial charge in [0.15, 0.2) is 0 Å². The van der Waals surface area contributed by atoms with Crippen LogP contribution >= 0.6 is 12.4 Å². The molecule has 7 heteroatoms.